The third-order valence-corrected chi connectivity index (χ3v) is 6.48. The number of rotatable bonds is 5. The van der Waals surface area contributed by atoms with E-state index in [-0.39, 0.29) is 11.3 Å². The van der Waals surface area contributed by atoms with Crippen LogP contribution in [0.25, 0.3) is 22.1 Å². The van der Waals surface area contributed by atoms with Crippen molar-refractivity contribution in [2.24, 2.45) is 0 Å². The number of hydrogen-bond acceptors (Lipinski definition) is 4. The fraction of sp³-hybridized carbons (Fsp3) is 0.0357. The molecule has 0 bridgehead atoms. The van der Waals surface area contributed by atoms with Gasteiger partial charge >= 0.3 is 5.63 Å². The predicted octanol–water partition coefficient (Wildman–Crippen LogP) is 6.91. The second-order valence-electron chi connectivity index (χ2n) is 7.52. The molecule has 0 aliphatic heterocycles. The molecule has 5 aromatic rings. The van der Waals surface area contributed by atoms with Crippen molar-refractivity contribution < 1.29 is 9.52 Å². The Morgan fingerprint density at radius 2 is 1.47 bits per heavy atom. The van der Waals surface area contributed by atoms with Gasteiger partial charge in [0.05, 0.1) is 5.56 Å². The second kappa shape index (κ2) is 8.77. The molecule has 0 fully saturated rings. The van der Waals surface area contributed by atoms with Crippen LogP contribution >= 0.6 is 11.8 Å². The lowest BCUT2D eigenvalue weighted by Crippen LogP contribution is -2.09. The van der Waals surface area contributed by atoms with Crippen LogP contribution in [0.1, 0.15) is 11.1 Å². The van der Waals surface area contributed by atoms with Gasteiger partial charge in [-0.1, -0.05) is 90.6 Å². The van der Waals surface area contributed by atoms with Crippen LogP contribution in [0.5, 0.6) is 5.75 Å². The van der Waals surface area contributed by atoms with Crippen LogP contribution in [0.4, 0.5) is 0 Å². The van der Waals surface area contributed by atoms with Crippen molar-refractivity contribution in [1.29, 1.82) is 0 Å². The van der Waals surface area contributed by atoms with Gasteiger partial charge in [0, 0.05) is 27.8 Å². The Hall–Kier alpha value is -3.76. The van der Waals surface area contributed by atoms with Gasteiger partial charge < -0.3 is 9.52 Å². The van der Waals surface area contributed by atoms with Gasteiger partial charge in [0.1, 0.15) is 11.5 Å². The van der Waals surface area contributed by atoms with Crippen molar-refractivity contribution in [3.63, 3.8) is 0 Å². The minimum absolute atomic E-state index is 0.0504. The topological polar surface area (TPSA) is 50.4 Å². The average molecular weight is 437 g/mol. The first-order valence-electron chi connectivity index (χ1n) is 10.3. The van der Waals surface area contributed by atoms with Crippen LogP contribution in [-0.4, -0.2) is 5.11 Å². The summed E-state index contributed by atoms with van der Waals surface area (Å²) in [4.78, 5) is 14.9. The summed E-state index contributed by atoms with van der Waals surface area (Å²) in [5.41, 5.74) is 1.45. The molecule has 156 valence electrons. The van der Waals surface area contributed by atoms with Gasteiger partial charge in [-0.2, -0.15) is 0 Å². The standard InChI is InChI=1S/C28H20O3S/c29-25-18-26(20-9-2-1-3-10-20)31-28(30)24(25)17-22-12-6-7-13-27(22)32-23-15-14-19-8-4-5-11-21(19)16-23/h1-16,18,29H,17H2. The normalized spacial score (nSPS) is 11.0. The Kier molecular flexibility index (Phi) is 5.53. The Balaban J connectivity index is 1.46. The maximum absolute atomic E-state index is 12.7. The van der Waals surface area contributed by atoms with Gasteiger partial charge in [-0.25, -0.2) is 4.79 Å². The molecule has 32 heavy (non-hydrogen) atoms. The van der Waals surface area contributed by atoms with E-state index >= 15 is 0 Å². The van der Waals surface area contributed by atoms with E-state index in [0.29, 0.717) is 12.2 Å². The summed E-state index contributed by atoms with van der Waals surface area (Å²) in [7, 11) is 0. The zero-order chi connectivity index (χ0) is 21.9. The predicted molar refractivity (Wildman–Crippen MR) is 129 cm³/mol. The van der Waals surface area contributed by atoms with Crippen LogP contribution in [0.15, 0.2) is 122 Å². The van der Waals surface area contributed by atoms with E-state index in [2.05, 4.69) is 30.3 Å². The highest BCUT2D eigenvalue weighted by atomic mass is 32.2. The SMILES string of the molecule is O=c1oc(-c2ccccc2)cc(O)c1Cc1ccccc1Sc1ccc2ccccc2c1. The highest BCUT2D eigenvalue weighted by Gasteiger charge is 2.15. The van der Waals surface area contributed by atoms with E-state index in [0.717, 1.165) is 20.9 Å². The minimum Gasteiger partial charge on any atom is -0.507 e. The van der Waals surface area contributed by atoms with E-state index in [1.54, 1.807) is 11.8 Å². The Morgan fingerprint density at radius 1 is 0.750 bits per heavy atom. The summed E-state index contributed by atoms with van der Waals surface area (Å²) in [6.07, 6.45) is 0.292. The molecule has 5 rings (SSSR count). The third kappa shape index (κ3) is 4.18. The van der Waals surface area contributed by atoms with E-state index in [1.807, 2.05) is 66.7 Å². The van der Waals surface area contributed by atoms with Crippen molar-refractivity contribution in [3.8, 4) is 17.1 Å². The Labute approximate surface area is 190 Å². The van der Waals surface area contributed by atoms with Crippen LogP contribution in [0.2, 0.25) is 0 Å². The van der Waals surface area contributed by atoms with Crippen molar-refractivity contribution in [1.82, 2.24) is 0 Å². The second-order valence-corrected chi connectivity index (χ2v) is 8.64. The quantitative estimate of drug-likeness (QED) is 0.325. The molecule has 4 aromatic carbocycles. The molecule has 3 nitrogen and oxygen atoms in total. The summed E-state index contributed by atoms with van der Waals surface area (Å²) in [6.45, 7) is 0. The van der Waals surface area contributed by atoms with Crippen LogP contribution < -0.4 is 5.63 Å². The maximum atomic E-state index is 12.7. The number of benzene rings is 4. The van der Waals surface area contributed by atoms with Crippen molar-refractivity contribution >= 4 is 22.5 Å². The molecular weight excluding hydrogens is 416 g/mol. The third-order valence-electron chi connectivity index (χ3n) is 5.37. The largest absolute Gasteiger partial charge is 0.507 e. The highest BCUT2D eigenvalue weighted by molar-refractivity contribution is 7.99. The first-order chi connectivity index (χ1) is 15.7. The van der Waals surface area contributed by atoms with E-state index < -0.39 is 5.63 Å². The lowest BCUT2D eigenvalue weighted by atomic mass is 10.0. The van der Waals surface area contributed by atoms with Gasteiger partial charge in [0.2, 0.25) is 0 Å². The molecule has 4 heteroatoms. The minimum atomic E-state index is -0.519. The van der Waals surface area contributed by atoms with Gasteiger partial charge in [0.15, 0.2) is 0 Å². The van der Waals surface area contributed by atoms with Crippen LogP contribution in [0.3, 0.4) is 0 Å². The number of aromatic hydroxyl groups is 1. The molecule has 0 amide bonds. The summed E-state index contributed by atoms with van der Waals surface area (Å²) in [5, 5.41) is 13.0. The van der Waals surface area contributed by atoms with Gasteiger partial charge in [-0.05, 0) is 34.5 Å². The number of fused-ring (bicyclic) bond motifs is 1. The van der Waals surface area contributed by atoms with Crippen LogP contribution in [0, 0.1) is 0 Å². The van der Waals surface area contributed by atoms with Crippen LogP contribution in [-0.2, 0) is 6.42 Å². The molecule has 0 radical (unpaired) electrons. The molecule has 0 saturated heterocycles. The molecule has 1 N–H and O–H groups in total. The molecule has 1 aromatic heterocycles. The summed E-state index contributed by atoms with van der Waals surface area (Å²) < 4.78 is 5.53. The smallest absolute Gasteiger partial charge is 0.343 e. The summed E-state index contributed by atoms with van der Waals surface area (Å²) in [5.74, 6) is 0.307. The zero-order valence-electron chi connectivity index (χ0n) is 17.2. The molecule has 0 spiro atoms. The molecule has 1 heterocycles. The first-order valence-corrected chi connectivity index (χ1v) is 11.1. The van der Waals surface area contributed by atoms with Crippen molar-refractivity contribution in [2.45, 2.75) is 16.2 Å². The summed E-state index contributed by atoms with van der Waals surface area (Å²) in [6, 6.07) is 33.4. The average Bonchev–Trinajstić information content (AvgIpc) is 2.83. The van der Waals surface area contributed by atoms with Gasteiger partial charge in [-0.3, -0.25) is 0 Å². The summed E-state index contributed by atoms with van der Waals surface area (Å²) >= 11 is 1.65. The lowest BCUT2D eigenvalue weighted by molar-refractivity contribution is 0.442. The zero-order valence-corrected chi connectivity index (χ0v) is 18.0. The maximum Gasteiger partial charge on any atom is 0.343 e. The van der Waals surface area contributed by atoms with E-state index in [4.69, 9.17) is 4.42 Å². The van der Waals surface area contributed by atoms with Gasteiger partial charge in [-0.15, -0.1) is 0 Å². The lowest BCUT2D eigenvalue weighted by Gasteiger charge is -2.11. The number of hydrogen-bond donors (Lipinski definition) is 1. The Morgan fingerprint density at radius 3 is 2.28 bits per heavy atom. The molecule has 0 unspecified atom stereocenters. The first kappa shape index (κ1) is 20.2. The monoisotopic (exact) mass is 436 g/mol. The molecule has 0 aliphatic rings. The molecule has 0 atom stereocenters. The molecular formula is C28H20O3S. The van der Waals surface area contributed by atoms with E-state index in [1.165, 1.54) is 16.8 Å². The Bertz CT molecular complexity index is 1460. The van der Waals surface area contributed by atoms with Crippen molar-refractivity contribution in [2.75, 3.05) is 0 Å². The van der Waals surface area contributed by atoms with Crippen molar-refractivity contribution in [3.05, 3.63) is 125 Å². The molecule has 0 saturated carbocycles. The van der Waals surface area contributed by atoms with Gasteiger partial charge in [0.25, 0.3) is 0 Å². The molecule has 0 aliphatic carbocycles. The fourth-order valence-corrected chi connectivity index (χ4v) is 4.71. The highest BCUT2D eigenvalue weighted by Crippen LogP contribution is 2.34. The fourth-order valence-electron chi connectivity index (χ4n) is 3.71. The van der Waals surface area contributed by atoms with E-state index in [9.17, 15) is 9.90 Å².